The van der Waals surface area contributed by atoms with Crippen molar-refractivity contribution in [3.63, 3.8) is 0 Å². The predicted octanol–water partition coefficient (Wildman–Crippen LogP) is 2.25. The average molecular weight is 573 g/mol. The fourth-order valence-corrected chi connectivity index (χ4v) is 3.95. The second-order valence-corrected chi connectivity index (χ2v) is 9.40. The van der Waals surface area contributed by atoms with Crippen LogP contribution < -0.4 is 14.8 Å². The number of methoxy groups -OCH3 is 2. The highest BCUT2D eigenvalue weighted by Gasteiger charge is 2.42. The topological polar surface area (TPSA) is 166 Å². The van der Waals surface area contributed by atoms with E-state index in [9.17, 15) is 24.0 Å². The third-order valence-electron chi connectivity index (χ3n) is 6.12. The Kier molecular flexibility index (Phi) is 10.6. The second-order valence-electron chi connectivity index (χ2n) is 9.40. The largest absolute Gasteiger partial charge is 0.513 e. The van der Waals surface area contributed by atoms with E-state index in [1.54, 1.807) is 38.1 Å². The van der Waals surface area contributed by atoms with Crippen LogP contribution in [0.3, 0.4) is 0 Å². The molecule has 1 aliphatic heterocycles. The van der Waals surface area contributed by atoms with Gasteiger partial charge in [0.15, 0.2) is 23.6 Å². The maximum atomic E-state index is 13.3. The third-order valence-corrected chi connectivity index (χ3v) is 6.12. The van der Waals surface area contributed by atoms with Crippen LogP contribution in [0.15, 0.2) is 42.6 Å². The van der Waals surface area contributed by atoms with Crippen LogP contribution in [0.25, 0.3) is 0 Å². The van der Waals surface area contributed by atoms with Gasteiger partial charge in [0.25, 0.3) is 5.91 Å². The Morgan fingerprint density at radius 2 is 1.78 bits per heavy atom. The number of rotatable bonds is 8. The summed E-state index contributed by atoms with van der Waals surface area (Å²) in [5, 5.41) is 2.39. The summed E-state index contributed by atoms with van der Waals surface area (Å²) in [7, 11) is 2.36. The van der Waals surface area contributed by atoms with Crippen LogP contribution in [0.4, 0.5) is 4.79 Å². The van der Waals surface area contributed by atoms with Gasteiger partial charge in [-0.2, -0.15) is 0 Å². The van der Waals surface area contributed by atoms with Gasteiger partial charge in [0.2, 0.25) is 5.75 Å². The molecule has 220 valence electrons. The predicted molar refractivity (Wildman–Crippen MR) is 140 cm³/mol. The minimum absolute atomic E-state index is 0.00814. The fraction of sp³-hybridized carbons (Fsp3) is 0.429. The lowest BCUT2D eigenvalue weighted by molar-refractivity contribution is -0.176. The van der Waals surface area contributed by atoms with Crippen molar-refractivity contribution in [3.8, 4) is 11.5 Å². The van der Waals surface area contributed by atoms with E-state index in [0.29, 0.717) is 0 Å². The molecule has 1 amide bonds. The number of hydrogen-bond donors (Lipinski definition) is 1. The molecule has 1 aromatic carbocycles. The molecule has 1 aliphatic rings. The second kappa shape index (κ2) is 14.1. The van der Waals surface area contributed by atoms with E-state index in [1.165, 1.54) is 26.3 Å². The highest BCUT2D eigenvalue weighted by Crippen LogP contribution is 2.30. The number of amides is 1. The van der Waals surface area contributed by atoms with Crippen molar-refractivity contribution in [1.29, 1.82) is 0 Å². The summed E-state index contributed by atoms with van der Waals surface area (Å²) in [6.45, 7) is 4.16. The lowest BCUT2D eigenvalue weighted by atomic mass is 9.91. The van der Waals surface area contributed by atoms with Crippen molar-refractivity contribution in [2.45, 2.75) is 45.4 Å². The molecule has 2 heterocycles. The van der Waals surface area contributed by atoms with Gasteiger partial charge in [0.1, 0.15) is 18.6 Å². The lowest BCUT2D eigenvalue weighted by Crippen LogP contribution is -2.47. The number of nitrogens with zero attached hydrogens (tertiary/aromatic N) is 1. The summed E-state index contributed by atoms with van der Waals surface area (Å²) < 4.78 is 31.3. The number of carbonyl (C=O) groups excluding carboxylic acids is 5. The summed E-state index contributed by atoms with van der Waals surface area (Å²) in [5.41, 5.74) is 0.359. The molecular formula is C28H32N2O11. The maximum Gasteiger partial charge on any atom is 0.513 e. The van der Waals surface area contributed by atoms with E-state index >= 15 is 0 Å². The van der Waals surface area contributed by atoms with Crippen molar-refractivity contribution in [2.75, 3.05) is 20.8 Å². The van der Waals surface area contributed by atoms with Crippen LogP contribution >= 0.6 is 0 Å². The van der Waals surface area contributed by atoms with Crippen LogP contribution in [0.2, 0.25) is 0 Å². The molecule has 0 saturated carbocycles. The Labute approximate surface area is 236 Å². The van der Waals surface area contributed by atoms with E-state index < -0.39 is 72.4 Å². The highest BCUT2D eigenvalue weighted by atomic mass is 16.7. The SMILES string of the molecule is COC(=O)Oc1c(OC)ccnc1C(=O)N[C@H]1COC(=O)[C@H](Cc2ccccc2)[C@@H](OC(=O)C(C)C)[C@H](C)OC1=O. The number of aromatic nitrogens is 1. The van der Waals surface area contributed by atoms with Gasteiger partial charge in [-0.3, -0.25) is 14.4 Å². The zero-order chi connectivity index (χ0) is 30.1. The smallest absolute Gasteiger partial charge is 0.493 e. The van der Waals surface area contributed by atoms with Gasteiger partial charge in [-0.15, -0.1) is 0 Å². The van der Waals surface area contributed by atoms with Gasteiger partial charge >= 0.3 is 24.1 Å². The average Bonchev–Trinajstić information content (AvgIpc) is 2.99. The molecule has 1 N–H and O–H groups in total. The fourth-order valence-electron chi connectivity index (χ4n) is 3.95. The minimum Gasteiger partial charge on any atom is -0.493 e. The summed E-state index contributed by atoms with van der Waals surface area (Å²) >= 11 is 0. The molecule has 0 bridgehead atoms. The van der Waals surface area contributed by atoms with E-state index in [-0.39, 0.29) is 17.9 Å². The normalized spacial score (nSPS) is 20.8. The molecule has 4 atom stereocenters. The Balaban J connectivity index is 1.90. The summed E-state index contributed by atoms with van der Waals surface area (Å²) in [4.78, 5) is 67.9. The van der Waals surface area contributed by atoms with E-state index in [2.05, 4.69) is 15.0 Å². The standard InChI is InChI=1S/C28H32N2O11/c1-15(2)25(32)40-22-16(3)39-27(34)19(14-38-26(33)18(22)13-17-9-7-6-8-10-17)30-24(31)21-23(41-28(35)37-5)20(36-4)11-12-29-21/h6-12,15-16,18-19,22H,13-14H2,1-5H3,(H,30,31)/t16-,18+,19-,22-/m0/s1. The van der Waals surface area contributed by atoms with Crippen molar-refractivity contribution < 1.29 is 52.4 Å². The van der Waals surface area contributed by atoms with E-state index in [4.69, 9.17) is 23.7 Å². The Bertz CT molecular complexity index is 1260. The molecule has 13 nitrogen and oxygen atoms in total. The molecule has 3 rings (SSSR count). The number of nitrogens with one attached hydrogen (secondary N) is 1. The number of cyclic esters (lactones) is 2. The van der Waals surface area contributed by atoms with Gasteiger partial charge in [-0.05, 0) is 18.9 Å². The Hall–Kier alpha value is -4.68. The van der Waals surface area contributed by atoms with Crippen LogP contribution in [-0.2, 0) is 39.8 Å². The third kappa shape index (κ3) is 7.93. The summed E-state index contributed by atoms with van der Waals surface area (Å²) in [5.74, 6) is -5.15. The first-order valence-electron chi connectivity index (χ1n) is 12.8. The zero-order valence-electron chi connectivity index (χ0n) is 23.3. The molecule has 1 saturated heterocycles. The maximum absolute atomic E-state index is 13.3. The zero-order valence-corrected chi connectivity index (χ0v) is 23.3. The number of ether oxygens (including phenoxy) is 6. The number of esters is 3. The molecule has 1 fully saturated rings. The molecule has 41 heavy (non-hydrogen) atoms. The summed E-state index contributed by atoms with van der Waals surface area (Å²) in [6, 6.07) is 8.88. The Morgan fingerprint density at radius 1 is 1.07 bits per heavy atom. The van der Waals surface area contributed by atoms with Gasteiger partial charge in [0.05, 0.1) is 20.1 Å². The van der Waals surface area contributed by atoms with Gasteiger partial charge in [-0.1, -0.05) is 44.2 Å². The molecule has 0 radical (unpaired) electrons. The molecule has 13 heteroatoms. The minimum atomic E-state index is -1.48. The van der Waals surface area contributed by atoms with Crippen LogP contribution in [0.1, 0.15) is 36.8 Å². The molecule has 0 aliphatic carbocycles. The van der Waals surface area contributed by atoms with Gasteiger partial charge in [-0.25, -0.2) is 14.6 Å². The molecule has 0 spiro atoms. The number of benzene rings is 1. The van der Waals surface area contributed by atoms with Gasteiger partial charge < -0.3 is 33.7 Å². The van der Waals surface area contributed by atoms with Crippen molar-refractivity contribution in [1.82, 2.24) is 10.3 Å². The van der Waals surface area contributed by atoms with E-state index in [0.717, 1.165) is 12.7 Å². The van der Waals surface area contributed by atoms with Crippen LogP contribution in [-0.4, -0.2) is 74.0 Å². The lowest BCUT2D eigenvalue weighted by Gasteiger charge is -2.29. The quantitative estimate of drug-likeness (QED) is 0.363. The molecular weight excluding hydrogens is 540 g/mol. The highest BCUT2D eigenvalue weighted by molar-refractivity contribution is 5.98. The number of carbonyl (C=O) groups is 5. The van der Waals surface area contributed by atoms with Gasteiger partial charge in [0, 0.05) is 12.3 Å². The van der Waals surface area contributed by atoms with E-state index in [1.807, 2.05) is 6.07 Å². The summed E-state index contributed by atoms with van der Waals surface area (Å²) in [6.07, 6.45) is -2.03. The molecule has 0 unspecified atom stereocenters. The monoisotopic (exact) mass is 572 g/mol. The first-order chi connectivity index (χ1) is 19.5. The van der Waals surface area contributed by atoms with Crippen LogP contribution in [0.5, 0.6) is 11.5 Å². The van der Waals surface area contributed by atoms with Crippen molar-refractivity contribution in [2.24, 2.45) is 11.8 Å². The van der Waals surface area contributed by atoms with Crippen molar-refractivity contribution >= 4 is 30.0 Å². The molecule has 2 aromatic rings. The molecule has 1 aromatic heterocycles. The first-order valence-corrected chi connectivity index (χ1v) is 12.8. The van der Waals surface area contributed by atoms with Crippen LogP contribution in [0, 0.1) is 11.8 Å². The number of hydrogen-bond acceptors (Lipinski definition) is 12. The van der Waals surface area contributed by atoms with Crippen molar-refractivity contribution in [3.05, 3.63) is 53.9 Å². The number of pyridine rings is 1. The Morgan fingerprint density at radius 3 is 2.41 bits per heavy atom. The first kappa shape index (κ1) is 30.9.